The average Bonchev–Trinajstić information content (AvgIpc) is 2.72. The number of likely N-dealkylation sites (tertiary alicyclic amines) is 1. The van der Waals surface area contributed by atoms with Gasteiger partial charge in [0.15, 0.2) is 0 Å². The summed E-state index contributed by atoms with van der Waals surface area (Å²) in [4.78, 5) is 13.6. The van der Waals surface area contributed by atoms with Crippen molar-refractivity contribution >= 4 is 6.09 Å². The van der Waals surface area contributed by atoms with E-state index in [1.807, 2.05) is 20.8 Å². The molecule has 0 radical (unpaired) electrons. The smallest absolute Gasteiger partial charge is 0.410 e. The number of hydrogen-bond acceptors (Lipinski definition) is 4. The minimum atomic E-state index is -0.456. The Morgan fingerprint density at radius 1 is 1.56 bits per heavy atom. The van der Waals surface area contributed by atoms with Gasteiger partial charge in [0.05, 0.1) is 0 Å². The van der Waals surface area contributed by atoms with Crippen molar-refractivity contribution < 1.29 is 14.6 Å². The molecule has 0 aromatic rings. The molecular formula is C13H26N2O3. The summed E-state index contributed by atoms with van der Waals surface area (Å²) in [6.07, 6.45) is 1.47. The third kappa shape index (κ3) is 4.46. The lowest BCUT2D eigenvalue weighted by Crippen LogP contribution is -2.36. The van der Waals surface area contributed by atoms with Gasteiger partial charge in [-0.3, -0.25) is 0 Å². The normalized spacial score (nSPS) is 22.1. The van der Waals surface area contributed by atoms with Crippen LogP contribution >= 0.6 is 0 Å². The number of ether oxygens (including phenoxy) is 1. The summed E-state index contributed by atoms with van der Waals surface area (Å²) in [5, 5.41) is 9.34. The molecule has 2 atom stereocenters. The molecule has 1 aliphatic rings. The van der Waals surface area contributed by atoms with Crippen LogP contribution in [0.5, 0.6) is 0 Å². The van der Waals surface area contributed by atoms with Gasteiger partial charge in [-0.1, -0.05) is 0 Å². The fourth-order valence-corrected chi connectivity index (χ4v) is 2.35. The van der Waals surface area contributed by atoms with Crippen molar-refractivity contribution in [1.29, 1.82) is 0 Å². The van der Waals surface area contributed by atoms with Crippen molar-refractivity contribution in [2.45, 2.75) is 39.2 Å². The van der Waals surface area contributed by atoms with Crippen molar-refractivity contribution in [1.82, 2.24) is 4.90 Å². The standard InChI is InChI=1S/C13H26N2O3/c1-13(2,3)18-12(17)15-7-5-10(8-15)11(9-16)4-6-14/h10-11,16H,4-9,14H2,1-3H3. The summed E-state index contributed by atoms with van der Waals surface area (Å²) in [5.74, 6) is 0.536. The highest BCUT2D eigenvalue weighted by Crippen LogP contribution is 2.27. The van der Waals surface area contributed by atoms with E-state index in [0.29, 0.717) is 25.6 Å². The second-order valence-corrected chi connectivity index (χ2v) is 6.00. The van der Waals surface area contributed by atoms with E-state index >= 15 is 0 Å². The van der Waals surface area contributed by atoms with Crippen molar-refractivity contribution in [3.63, 3.8) is 0 Å². The molecule has 1 saturated heterocycles. The number of nitrogens with zero attached hydrogens (tertiary/aromatic N) is 1. The Kier molecular flexibility index (Phi) is 5.41. The van der Waals surface area contributed by atoms with Crippen LogP contribution in [-0.4, -0.2) is 47.9 Å². The highest BCUT2D eigenvalue weighted by atomic mass is 16.6. The van der Waals surface area contributed by atoms with E-state index in [1.165, 1.54) is 0 Å². The fourth-order valence-electron chi connectivity index (χ4n) is 2.35. The maximum Gasteiger partial charge on any atom is 0.410 e. The van der Waals surface area contributed by atoms with Crippen LogP contribution in [0.3, 0.4) is 0 Å². The number of carbonyl (C=O) groups excluding carboxylic acids is 1. The zero-order chi connectivity index (χ0) is 13.8. The number of hydrogen-bond donors (Lipinski definition) is 2. The molecule has 1 amide bonds. The largest absolute Gasteiger partial charge is 0.444 e. The molecule has 0 aromatic heterocycles. The van der Waals surface area contributed by atoms with Gasteiger partial charge in [0.2, 0.25) is 0 Å². The molecule has 0 aliphatic carbocycles. The molecule has 5 nitrogen and oxygen atoms in total. The van der Waals surface area contributed by atoms with Gasteiger partial charge in [0.1, 0.15) is 5.60 Å². The predicted molar refractivity (Wildman–Crippen MR) is 70.2 cm³/mol. The van der Waals surface area contributed by atoms with E-state index in [0.717, 1.165) is 12.8 Å². The first kappa shape index (κ1) is 15.2. The summed E-state index contributed by atoms with van der Waals surface area (Å²) < 4.78 is 5.34. The number of nitrogens with two attached hydrogens (primary N) is 1. The number of amides is 1. The lowest BCUT2D eigenvalue weighted by Gasteiger charge is -2.25. The van der Waals surface area contributed by atoms with Gasteiger partial charge >= 0.3 is 6.09 Å². The number of aliphatic hydroxyl groups excluding tert-OH is 1. The highest BCUT2D eigenvalue weighted by Gasteiger charge is 2.33. The molecule has 0 saturated carbocycles. The zero-order valence-electron chi connectivity index (χ0n) is 11.7. The van der Waals surface area contributed by atoms with Crippen LogP contribution in [-0.2, 0) is 4.74 Å². The van der Waals surface area contributed by atoms with Gasteiger partial charge in [-0.15, -0.1) is 0 Å². The van der Waals surface area contributed by atoms with Gasteiger partial charge in [-0.25, -0.2) is 4.79 Å². The molecule has 1 fully saturated rings. The lowest BCUT2D eigenvalue weighted by atomic mass is 9.89. The van der Waals surface area contributed by atoms with Crippen molar-refractivity contribution in [3.05, 3.63) is 0 Å². The third-order valence-corrected chi connectivity index (χ3v) is 3.32. The van der Waals surface area contributed by atoms with Gasteiger partial charge < -0.3 is 20.5 Å². The van der Waals surface area contributed by atoms with Crippen LogP contribution in [0.4, 0.5) is 4.79 Å². The van der Waals surface area contributed by atoms with Crippen LogP contribution in [0.2, 0.25) is 0 Å². The van der Waals surface area contributed by atoms with Crippen LogP contribution < -0.4 is 5.73 Å². The maximum atomic E-state index is 11.9. The molecule has 18 heavy (non-hydrogen) atoms. The summed E-state index contributed by atoms with van der Waals surface area (Å²) in [7, 11) is 0. The van der Waals surface area contributed by atoms with Crippen molar-refractivity contribution in [3.8, 4) is 0 Å². The summed E-state index contributed by atoms with van der Waals surface area (Å²) in [5.41, 5.74) is 5.08. The molecule has 1 aliphatic heterocycles. The molecule has 106 valence electrons. The Morgan fingerprint density at radius 2 is 2.22 bits per heavy atom. The first-order valence-corrected chi connectivity index (χ1v) is 6.66. The van der Waals surface area contributed by atoms with Gasteiger partial charge in [-0.2, -0.15) is 0 Å². The summed E-state index contributed by atoms with van der Waals surface area (Å²) in [6.45, 7) is 7.69. The molecular weight excluding hydrogens is 232 g/mol. The molecule has 0 spiro atoms. The van der Waals surface area contributed by atoms with E-state index in [-0.39, 0.29) is 18.6 Å². The summed E-state index contributed by atoms with van der Waals surface area (Å²) in [6, 6.07) is 0. The number of rotatable bonds is 4. The second-order valence-electron chi connectivity index (χ2n) is 6.00. The Labute approximate surface area is 109 Å². The van der Waals surface area contributed by atoms with Gasteiger partial charge in [-0.05, 0) is 52.0 Å². The van der Waals surface area contributed by atoms with Crippen molar-refractivity contribution in [2.24, 2.45) is 17.6 Å². The van der Waals surface area contributed by atoms with Gasteiger partial charge in [0, 0.05) is 19.7 Å². The first-order valence-electron chi connectivity index (χ1n) is 6.66. The maximum absolute atomic E-state index is 11.9. The van der Waals surface area contributed by atoms with Crippen LogP contribution in [0, 0.1) is 11.8 Å². The zero-order valence-corrected chi connectivity index (χ0v) is 11.7. The molecule has 0 bridgehead atoms. The topological polar surface area (TPSA) is 75.8 Å². The SMILES string of the molecule is CC(C)(C)OC(=O)N1CCC(C(CO)CCN)C1. The lowest BCUT2D eigenvalue weighted by molar-refractivity contribution is 0.0278. The van der Waals surface area contributed by atoms with Crippen LogP contribution in [0.15, 0.2) is 0 Å². The molecule has 5 heteroatoms. The van der Waals surface area contributed by atoms with Crippen LogP contribution in [0.25, 0.3) is 0 Å². The van der Waals surface area contributed by atoms with E-state index in [9.17, 15) is 9.90 Å². The Bertz CT molecular complexity index is 276. The van der Waals surface area contributed by atoms with E-state index in [4.69, 9.17) is 10.5 Å². The molecule has 3 N–H and O–H groups in total. The Balaban J connectivity index is 2.47. The predicted octanol–water partition coefficient (Wildman–Crippen LogP) is 1.20. The third-order valence-electron chi connectivity index (χ3n) is 3.32. The number of aliphatic hydroxyl groups is 1. The first-order chi connectivity index (χ1) is 8.37. The minimum Gasteiger partial charge on any atom is -0.444 e. The Hall–Kier alpha value is -0.810. The molecule has 2 unspecified atom stereocenters. The van der Waals surface area contributed by atoms with E-state index in [1.54, 1.807) is 4.90 Å². The van der Waals surface area contributed by atoms with E-state index < -0.39 is 5.60 Å². The van der Waals surface area contributed by atoms with Crippen LogP contribution in [0.1, 0.15) is 33.6 Å². The molecule has 1 rings (SSSR count). The Morgan fingerprint density at radius 3 is 2.72 bits per heavy atom. The molecule has 1 heterocycles. The minimum absolute atomic E-state index is 0.143. The second kappa shape index (κ2) is 6.38. The van der Waals surface area contributed by atoms with Gasteiger partial charge in [0.25, 0.3) is 0 Å². The number of carbonyl (C=O) groups is 1. The van der Waals surface area contributed by atoms with Crippen molar-refractivity contribution in [2.75, 3.05) is 26.2 Å². The molecule has 0 aromatic carbocycles. The average molecular weight is 258 g/mol. The van der Waals surface area contributed by atoms with E-state index in [2.05, 4.69) is 0 Å². The quantitative estimate of drug-likeness (QED) is 0.794. The highest BCUT2D eigenvalue weighted by molar-refractivity contribution is 5.68. The summed E-state index contributed by atoms with van der Waals surface area (Å²) >= 11 is 0. The fraction of sp³-hybridized carbons (Fsp3) is 0.923. The monoisotopic (exact) mass is 258 g/mol.